The molecule has 1 saturated heterocycles. The second kappa shape index (κ2) is 7.24. The van der Waals surface area contributed by atoms with Crippen molar-refractivity contribution >= 4 is 17.5 Å². The number of amides is 1. The van der Waals surface area contributed by atoms with Crippen LogP contribution in [0.15, 0.2) is 6.07 Å². The van der Waals surface area contributed by atoms with Crippen molar-refractivity contribution < 1.29 is 4.79 Å². The van der Waals surface area contributed by atoms with E-state index in [1.165, 1.54) is 0 Å². The Balaban J connectivity index is 2.08. The molecule has 0 spiro atoms. The topological polar surface area (TPSA) is 61.4 Å². The van der Waals surface area contributed by atoms with Crippen molar-refractivity contribution in [3.63, 3.8) is 0 Å². The first-order valence-corrected chi connectivity index (χ1v) is 7.74. The van der Waals surface area contributed by atoms with Crippen LogP contribution in [-0.2, 0) is 11.2 Å². The van der Waals surface area contributed by atoms with Crippen molar-refractivity contribution in [2.75, 3.05) is 43.4 Å². The number of hydrogen-bond donors (Lipinski definition) is 1. The molecule has 1 N–H and O–H groups in total. The highest BCUT2D eigenvalue weighted by atomic mass is 16.2. The van der Waals surface area contributed by atoms with Gasteiger partial charge in [-0.2, -0.15) is 0 Å². The molecule has 0 unspecified atom stereocenters. The summed E-state index contributed by atoms with van der Waals surface area (Å²) >= 11 is 0. The van der Waals surface area contributed by atoms with Crippen LogP contribution in [-0.4, -0.2) is 54.0 Å². The molecule has 0 aliphatic carbocycles. The van der Waals surface area contributed by atoms with Crippen LogP contribution in [0.5, 0.6) is 0 Å². The largest absolute Gasteiger partial charge is 0.370 e. The zero-order valence-electron chi connectivity index (χ0n) is 13.2. The number of nitrogens with zero attached hydrogens (tertiary/aromatic N) is 4. The molecule has 0 aromatic carbocycles. The summed E-state index contributed by atoms with van der Waals surface area (Å²) in [4.78, 5) is 25.0. The number of rotatable bonds is 6. The summed E-state index contributed by atoms with van der Waals surface area (Å²) in [5.74, 6) is 2.59. The molecule has 6 nitrogen and oxygen atoms in total. The third-order valence-electron chi connectivity index (χ3n) is 3.66. The number of likely N-dealkylation sites (tertiary alicyclic amines) is 1. The van der Waals surface area contributed by atoms with Crippen molar-refractivity contribution in [1.82, 2.24) is 14.9 Å². The minimum absolute atomic E-state index is 0.177. The zero-order chi connectivity index (χ0) is 15.2. The lowest BCUT2D eigenvalue weighted by atomic mass is 10.4. The van der Waals surface area contributed by atoms with E-state index in [1.807, 2.05) is 36.8 Å². The van der Waals surface area contributed by atoms with E-state index in [-0.39, 0.29) is 5.91 Å². The smallest absolute Gasteiger partial charge is 0.242 e. The molecule has 6 heteroatoms. The highest BCUT2D eigenvalue weighted by molar-refractivity contribution is 5.81. The number of carbonyl (C=O) groups excluding carboxylic acids is 1. The van der Waals surface area contributed by atoms with Gasteiger partial charge in [0.2, 0.25) is 5.91 Å². The number of aromatic nitrogens is 2. The molecule has 2 heterocycles. The number of aryl methyl sites for hydroxylation is 1. The van der Waals surface area contributed by atoms with E-state index < -0.39 is 0 Å². The summed E-state index contributed by atoms with van der Waals surface area (Å²) in [6, 6.07) is 1.90. The Morgan fingerprint density at radius 3 is 2.67 bits per heavy atom. The van der Waals surface area contributed by atoms with Crippen LogP contribution >= 0.6 is 0 Å². The Kier molecular flexibility index (Phi) is 5.36. The van der Waals surface area contributed by atoms with Crippen LogP contribution in [0.1, 0.15) is 32.5 Å². The summed E-state index contributed by atoms with van der Waals surface area (Å²) in [7, 11) is 1.91. The summed E-state index contributed by atoms with van der Waals surface area (Å²) in [5, 5.41) is 3.21. The maximum absolute atomic E-state index is 12.2. The molecule has 2 rings (SSSR count). The van der Waals surface area contributed by atoms with Crippen LogP contribution in [0.3, 0.4) is 0 Å². The second-order valence-corrected chi connectivity index (χ2v) is 5.36. The predicted molar refractivity (Wildman–Crippen MR) is 84.7 cm³/mol. The molecule has 1 aromatic heterocycles. The molecule has 116 valence electrons. The molecule has 1 aromatic rings. The fourth-order valence-corrected chi connectivity index (χ4v) is 2.46. The Morgan fingerprint density at radius 1 is 1.33 bits per heavy atom. The van der Waals surface area contributed by atoms with Crippen molar-refractivity contribution in [2.24, 2.45) is 0 Å². The number of likely N-dealkylation sites (N-methyl/N-ethyl adjacent to an activating group) is 1. The average Bonchev–Trinajstić information content (AvgIpc) is 3.01. The second-order valence-electron chi connectivity index (χ2n) is 5.36. The van der Waals surface area contributed by atoms with Gasteiger partial charge < -0.3 is 15.1 Å². The molecule has 1 fully saturated rings. The van der Waals surface area contributed by atoms with Crippen LogP contribution < -0.4 is 10.2 Å². The summed E-state index contributed by atoms with van der Waals surface area (Å²) in [6.45, 7) is 7.03. The molecule has 0 saturated carbocycles. The number of nitrogens with one attached hydrogen (secondary N) is 1. The van der Waals surface area contributed by atoms with Gasteiger partial charge in [-0.1, -0.05) is 6.92 Å². The zero-order valence-corrected chi connectivity index (χ0v) is 13.2. The third kappa shape index (κ3) is 4.06. The number of anilines is 2. The predicted octanol–water partition coefficient (Wildman–Crippen LogP) is 1.53. The minimum Gasteiger partial charge on any atom is -0.370 e. The lowest BCUT2D eigenvalue weighted by molar-refractivity contribution is -0.128. The summed E-state index contributed by atoms with van der Waals surface area (Å²) in [6.07, 6.45) is 3.02. The lowest BCUT2D eigenvalue weighted by Gasteiger charge is -2.22. The van der Waals surface area contributed by atoms with E-state index in [0.29, 0.717) is 6.54 Å². The normalized spacial score (nSPS) is 14.3. The van der Waals surface area contributed by atoms with E-state index in [4.69, 9.17) is 0 Å². The van der Waals surface area contributed by atoms with Crippen molar-refractivity contribution in [3.05, 3.63) is 11.9 Å². The van der Waals surface area contributed by atoms with E-state index in [2.05, 4.69) is 15.3 Å². The molecule has 0 radical (unpaired) electrons. The Bertz CT molecular complexity index is 485. The number of carbonyl (C=O) groups is 1. The molecule has 1 amide bonds. The molecule has 0 bridgehead atoms. The quantitative estimate of drug-likeness (QED) is 0.861. The van der Waals surface area contributed by atoms with Gasteiger partial charge in [-0.3, -0.25) is 4.79 Å². The van der Waals surface area contributed by atoms with E-state index in [0.717, 1.165) is 56.4 Å². The van der Waals surface area contributed by atoms with Crippen molar-refractivity contribution in [2.45, 2.75) is 33.1 Å². The maximum atomic E-state index is 12.2. The Labute approximate surface area is 126 Å². The molecular formula is C15H25N5O. The van der Waals surface area contributed by atoms with Crippen LogP contribution in [0, 0.1) is 0 Å². The lowest BCUT2D eigenvalue weighted by Crippen LogP contribution is -2.37. The maximum Gasteiger partial charge on any atom is 0.242 e. The van der Waals surface area contributed by atoms with Gasteiger partial charge >= 0.3 is 0 Å². The molecule has 1 aliphatic heterocycles. The molecule has 1 aliphatic rings. The van der Waals surface area contributed by atoms with Gasteiger partial charge in [-0.15, -0.1) is 0 Å². The van der Waals surface area contributed by atoms with Gasteiger partial charge in [0.05, 0.1) is 6.54 Å². The summed E-state index contributed by atoms with van der Waals surface area (Å²) in [5.41, 5.74) is 0. The van der Waals surface area contributed by atoms with E-state index in [9.17, 15) is 4.79 Å². The summed E-state index contributed by atoms with van der Waals surface area (Å²) < 4.78 is 0. The van der Waals surface area contributed by atoms with Crippen LogP contribution in [0.25, 0.3) is 0 Å². The van der Waals surface area contributed by atoms with Gasteiger partial charge in [0, 0.05) is 39.2 Å². The van der Waals surface area contributed by atoms with Gasteiger partial charge in [-0.25, -0.2) is 9.97 Å². The standard InChI is InChI=1S/C15H25N5O/c1-4-12-17-13(16-5-2)10-14(18-12)19(3)11-15(21)20-8-6-7-9-20/h10H,4-9,11H2,1-3H3,(H,16,17,18). The molecule has 21 heavy (non-hydrogen) atoms. The monoisotopic (exact) mass is 291 g/mol. The third-order valence-corrected chi connectivity index (χ3v) is 3.66. The first-order chi connectivity index (χ1) is 10.1. The van der Waals surface area contributed by atoms with Crippen molar-refractivity contribution in [3.8, 4) is 0 Å². The highest BCUT2D eigenvalue weighted by Gasteiger charge is 2.20. The van der Waals surface area contributed by atoms with E-state index in [1.54, 1.807) is 0 Å². The first-order valence-electron chi connectivity index (χ1n) is 7.74. The highest BCUT2D eigenvalue weighted by Crippen LogP contribution is 2.16. The van der Waals surface area contributed by atoms with Gasteiger partial charge in [0.15, 0.2) is 0 Å². The van der Waals surface area contributed by atoms with E-state index >= 15 is 0 Å². The fraction of sp³-hybridized carbons (Fsp3) is 0.667. The average molecular weight is 291 g/mol. The van der Waals surface area contributed by atoms with Crippen molar-refractivity contribution in [1.29, 1.82) is 0 Å². The Hall–Kier alpha value is -1.85. The Morgan fingerprint density at radius 2 is 2.05 bits per heavy atom. The molecule has 0 atom stereocenters. The van der Waals surface area contributed by atoms with Crippen LogP contribution in [0.2, 0.25) is 0 Å². The number of hydrogen-bond acceptors (Lipinski definition) is 5. The van der Waals surface area contributed by atoms with Gasteiger partial charge in [0.1, 0.15) is 17.5 Å². The SMILES string of the molecule is CCNc1cc(N(C)CC(=O)N2CCCC2)nc(CC)n1. The first kappa shape index (κ1) is 15.5. The fourth-order valence-electron chi connectivity index (χ4n) is 2.46. The van der Waals surface area contributed by atoms with Gasteiger partial charge in [-0.05, 0) is 19.8 Å². The minimum atomic E-state index is 0.177. The molecular weight excluding hydrogens is 266 g/mol. The van der Waals surface area contributed by atoms with Crippen LogP contribution in [0.4, 0.5) is 11.6 Å². The van der Waals surface area contributed by atoms with Gasteiger partial charge in [0.25, 0.3) is 0 Å².